The number of hydrogen-bond acceptors (Lipinski definition) is 3. The van der Waals surface area contributed by atoms with Crippen LogP contribution in [0.5, 0.6) is 11.5 Å². The molecule has 1 atom stereocenters. The second-order valence-corrected chi connectivity index (χ2v) is 5.49. The molecule has 0 aliphatic rings. The van der Waals surface area contributed by atoms with Gasteiger partial charge in [0.15, 0.2) is 0 Å². The van der Waals surface area contributed by atoms with Crippen molar-refractivity contribution in [3.8, 4) is 11.5 Å². The SMILES string of the molecule is OC(CCl)CNc1ccc(Oc2ccc(Br)cc2)cc1. The number of nitrogens with one attached hydrogen (secondary N) is 1. The standard InChI is InChI=1S/C15H15BrClNO2/c16-11-1-5-14(6-2-11)20-15-7-3-12(4-8-15)18-10-13(19)9-17/h1-8,13,18-19H,9-10H2. The van der Waals surface area contributed by atoms with Gasteiger partial charge in [-0.25, -0.2) is 0 Å². The molecule has 0 saturated carbocycles. The minimum Gasteiger partial charge on any atom is -0.457 e. The van der Waals surface area contributed by atoms with Gasteiger partial charge in [0.25, 0.3) is 0 Å². The second kappa shape index (κ2) is 7.53. The van der Waals surface area contributed by atoms with Crippen LogP contribution in [-0.2, 0) is 0 Å². The van der Waals surface area contributed by atoms with Crippen LogP contribution in [0.1, 0.15) is 0 Å². The zero-order valence-electron chi connectivity index (χ0n) is 10.7. The number of anilines is 1. The van der Waals surface area contributed by atoms with Gasteiger partial charge in [-0.3, -0.25) is 0 Å². The van der Waals surface area contributed by atoms with Crippen LogP contribution in [0.3, 0.4) is 0 Å². The van der Waals surface area contributed by atoms with E-state index in [0.29, 0.717) is 6.54 Å². The number of alkyl halides is 1. The highest BCUT2D eigenvalue weighted by atomic mass is 79.9. The molecule has 0 heterocycles. The number of benzene rings is 2. The lowest BCUT2D eigenvalue weighted by Crippen LogP contribution is -2.20. The summed E-state index contributed by atoms with van der Waals surface area (Å²) in [5.74, 6) is 1.76. The quantitative estimate of drug-likeness (QED) is 0.760. The van der Waals surface area contributed by atoms with Crippen LogP contribution >= 0.6 is 27.5 Å². The third-order valence-corrected chi connectivity index (χ3v) is 3.51. The molecule has 0 aromatic heterocycles. The summed E-state index contributed by atoms with van der Waals surface area (Å²) in [5.41, 5.74) is 0.914. The zero-order chi connectivity index (χ0) is 14.4. The average Bonchev–Trinajstić information content (AvgIpc) is 2.48. The summed E-state index contributed by atoms with van der Waals surface area (Å²) in [6, 6.07) is 15.2. The number of hydrogen-bond donors (Lipinski definition) is 2. The second-order valence-electron chi connectivity index (χ2n) is 4.27. The Morgan fingerprint density at radius 1 is 1.05 bits per heavy atom. The molecule has 0 saturated heterocycles. The summed E-state index contributed by atoms with van der Waals surface area (Å²) in [7, 11) is 0. The van der Waals surface area contributed by atoms with E-state index in [1.54, 1.807) is 0 Å². The molecule has 0 radical (unpaired) electrons. The van der Waals surface area contributed by atoms with Crippen molar-refractivity contribution in [3.05, 3.63) is 53.0 Å². The summed E-state index contributed by atoms with van der Waals surface area (Å²) >= 11 is 8.91. The topological polar surface area (TPSA) is 41.5 Å². The molecule has 2 aromatic carbocycles. The number of halogens is 2. The van der Waals surface area contributed by atoms with Crippen molar-refractivity contribution in [1.29, 1.82) is 0 Å². The lowest BCUT2D eigenvalue weighted by atomic mass is 10.3. The fraction of sp³-hybridized carbons (Fsp3) is 0.200. The minimum absolute atomic E-state index is 0.220. The molecule has 0 spiro atoms. The Hall–Kier alpha value is -1.23. The summed E-state index contributed by atoms with van der Waals surface area (Å²) < 4.78 is 6.73. The van der Waals surface area contributed by atoms with E-state index in [0.717, 1.165) is 21.7 Å². The highest BCUT2D eigenvalue weighted by Crippen LogP contribution is 2.24. The first-order chi connectivity index (χ1) is 9.67. The molecule has 2 rings (SSSR count). The molecule has 1 unspecified atom stereocenters. The van der Waals surface area contributed by atoms with Crippen molar-refractivity contribution >= 4 is 33.2 Å². The molecule has 0 aliphatic carbocycles. The third-order valence-electron chi connectivity index (χ3n) is 2.62. The van der Waals surface area contributed by atoms with E-state index < -0.39 is 6.10 Å². The number of rotatable bonds is 6. The van der Waals surface area contributed by atoms with Crippen LogP contribution in [-0.4, -0.2) is 23.6 Å². The smallest absolute Gasteiger partial charge is 0.127 e. The van der Waals surface area contributed by atoms with Crippen LogP contribution in [0.25, 0.3) is 0 Å². The molecule has 0 bridgehead atoms. The Morgan fingerprint density at radius 2 is 1.60 bits per heavy atom. The van der Waals surface area contributed by atoms with Gasteiger partial charge in [0.2, 0.25) is 0 Å². The Bertz CT molecular complexity index is 531. The summed E-state index contributed by atoms with van der Waals surface area (Å²) in [4.78, 5) is 0. The van der Waals surface area contributed by atoms with Gasteiger partial charge in [0, 0.05) is 16.7 Å². The molecule has 106 valence electrons. The van der Waals surface area contributed by atoms with Crippen molar-refractivity contribution in [1.82, 2.24) is 0 Å². The van der Waals surface area contributed by atoms with Crippen LogP contribution in [0.2, 0.25) is 0 Å². The van der Waals surface area contributed by atoms with Crippen molar-refractivity contribution in [3.63, 3.8) is 0 Å². The van der Waals surface area contributed by atoms with Gasteiger partial charge < -0.3 is 15.2 Å². The Labute approximate surface area is 131 Å². The van der Waals surface area contributed by atoms with Crippen molar-refractivity contribution < 1.29 is 9.84 Å². The third kappa shape index (κ3) is 4.71. The normalized spacial score (nSPS) is 11.9. The first kappa shape index (κ1) is 15.2. The monoisotopic (exact) mass is 355 g/mol. The highest BCUT2D eigenvalue weighted by molar-refractivity contribution is 9.10. The lowest BCUT2D eigenvalue weighted by molar-refractivity contribution is 0.211. The molecule has 0 aliphatic heterocycles. The van der Waals surface area contributed by atoms with E-state index in [-0.39, 0.29) is 5.88 Å². The molecule has 0 fully saturated rings. The number of aliphatic hydroxyl groups excluding tert-OH is 1. The van der Waals surface area contributed by atoms with Gasteiger partial charge in [-0.1, -0.05) is 15.9 Å². The maximum Gasteiger partial charge on any atom is 0.127 e. The van der Waals surface area contributed by atoms with Gasteiger partial charge in [0.1, 0.15) is 11.5 Å². The molecular weight excluding hydrogens is 342 g/mol. The van der Waals surface area contributed by atoms with Crippen molar-refractivity contribution in [2.75, 3.05) is 17.7 Å². The van der Waals surface area contributed by atoms with Gasteiger partial charge >= 0.3 is 0 Å². The van der Waals surface area contributed by atoms with Crippen LogP contribution in [0.15, 0.2) is 53.0 Å². The van der Waals surface area contributed by atoms with E-state index in [4.69, 9.17) is 16.3 Å². The van der Waals surface area contributed by atoms with Gasteiger partial charge in [0.05, 0.1) is 12.0 Å². The molecular formula is C15H15BrClNO2. The zero-order valence-corrected chi connectivity index (χ0v) is 13.1. The molecule has 2 N–H and O–H groups in total. The largest absolute Gasteiger partial charge is 0.457 e. The molecule has 20 heavy (non-hydrogen) atoms. The van der Waals surface area contributed by atoms with Crippen molar-refractivity contribution in [2.24, 2.45) is 0 Å². The van der Waals surface area contributed by atoms with Crippen LogP contribution < -0.4 is 10.1 Å². The van der Waals surface area contributed by atoms with Crippen LogP contribution in [0.4, 0.5) is 5.69 Å². The Kier molecular flexibility index (Phi) is 5.71. The first-order valence-electron chi connectivity index (χ1n) is 6.19. The molecule has 5 heteroatoms. The molecule has 3 nitrogen and oxygen atoms in total. The van der Waals surface area contributed by atoms with E-state index in [1.807, 2.05) is 48.5 Å². The minimum atomic E-state index is -0.546. The van der Waals surface area contributed by atoms with E-state index in [9.17, 15) is 5.11 Å². The summed E-state index contributed by atoms with van der Waals surface area (Å²) in [5, 5.41) is 12.5. The number of ether oxygens (including phenoxy) is 1. The maximum atomic E-state index is 9.37. The van der Waals surface area contributed by atoms with E-state index in [1.165, 1.54) is 0 Å². The summed E-state index contributed by atoms with van der Waals surface area (Å²) in [6.45, 7) is 0.427. The summed E-state index contributed by atoms with van der Waals surface area (Å²) in [6.07, 6.45) is -0.546. The number of aliphatic hydroxyl groups is 1. The Morgan fingerprint density at radius 3 is 2.15 bits per heavy atom. The average molecular weight is 357 g/mol. The van der Waals surface area contributed by atoms with Crippen LogP contribution in [0, 0.1) is 0 Å². The van der Waals surface area contributed by atoms with E-state index in [2.05, 4.69) is 21.2 Å². The molecule has 0 amide bonds. The maximum absolute atomic E-state index is 9.37. The van der Waals surface area contributed by atoms with Crippen molar-refractivity contribution in [2.45, 2.75) is 6.10 Å². The predicted octanol–water partition coefficient (Wildman–Crippen LogP) is 4.25. The predicted molar refractivity (Wildman–Crippen MR) is 85.9 cm³/mol. The Balaban J connectivity index is 1.92. The lowest BCUT2D eigenvalue weighted by Gasteiger charge is -2.11. The first-order valence-corrected chi connectivity index (χ1v) is 7.51. The highest BCUT2D eigenvalue weighted by Gasteiger charge is 2.02. The van der Waals surface area contributed by atoms with Gasteiger partial charge in [-0.15, -0.1) is 11.6 Å². The van der Waals surface area contributed by atoms with Gasteiger partial charge in [-0.05, 0) is 48.5 Å². The fourth-order valence-corrected chi connectivity index (χ4v) is 1.94. The van der Waals surface area contributed by atoms with E-state index >= 15 is 0 Å². The fourth-order valence-electron chi connectivity index (χ4n) is 1.57. The van der Waals surface area contributed by atoms with Gasteiger partial charge in [-0.2, -0.15) is 0 Å². The molecule has 2 aromatic rings.